The number of fused-ring (bicyclic) bond motifs is 1. The summed E-state index contributed by atoms with van der Waals surface area (Å²) in [5.74, 6) is -0.355. The van der Waals surface area contributed by atoms with Gasteiger partial charge in [0.2, 0.25) is 0 Å². The van der Waals surface area contributed by atoms with E-state index in [4.69, 9.17) is 23.8 Å². The summed E-state index contributed by atoms with van der Waals surface area (Å²) in [5.41, 5.74) is 2.98. The van der Waals surface area contributed by atoms with Crippen molar-refractivity contribution in [1.82, 2.24) is 4.90 Å². The summed E-state index contributed by atoms with van der Waals surface area (Å²) >= 11 is 12.7. The molecule has 2 aromatic rings. The zero-order valence-corrected chi connectivity index (χ0v) is 18.4. The van der Waals surface area contributed by atoms with Crippen molar-refractivity contribution in [2.45, 2.75) is 32.9 Å². The Hall–Kier alpha value is -2.15. The molecule has 4 nitrogen and oxygen atoms in total. The standard InChI is InChI=1S/C22H19ClN2O2S2/c1-3-13(2)25-21(27)19(29-22(25)28)18-16-6-4-5-7-17(16)24(20(18)26)12-14-8-10-15(23)11-9-14/h4-11,13H,3,12H2,1-2H3/b19-18+/t13-/m1/s1. The fraction of sp³-hybridized carbons (Fsp3) is 0.227. The second-order valence-corrected chi connectivity index (χ2v) is 9.12. The van der Waals surface area contributed by atoms with Gasteiger partial charge in [-0.3, -0.25) is 14.5 Å². The van der Waals surface area contributed by atoms with Crippen LogP contribution in [0.4, 0.5) is 5.69 Å². The van der Waals surface area contributed by atoms with Crippen molar-refractivity contribution in [3.05, 3.63) is 69.6 Å². The van der Waals surface area contributed by atoms with E-state index >= 15 is 0 Å². The molecule has 2 aliphatic rings. The van der Waals surface area contributed by atoms with Crippen LogP contribution in [0.2, 0.25) is 5.02 Å². The maximum absolute atomic E-state index is 13.4. The minimum Gasteiger partial charge on any atom is -0.303 e. The van der Waals surface area contributed by atoms with E-state index in [2.05, 4.69) is 0 Å². The number of benzene rings is 2. The molecular weight excluding hydrogens is 424 g/mol. The first-order chi connectivity index (χ1) is 13.9. The van der Waals surface area contributed by atoms with Crippen LogP contribution in [0, 0.1) is 0 Å². The molecule has 1 atom stereocenters. The van der Waals surface area contributed by atoms with E-state index in [0.29, 0.717) is 26.4 Å². The number of para-hydroxylation sites is 1. The van der Waals surface area contributed by atoms with Gasteiger partial charge in [-0.2, -0.15) is 0 Å². The van der Waals surface area contributed by atoms with Gasteiger partial charge in [-0.15, -0.1) is 0 Å². The normalized spacial score (nSPS) is 19.9. The molecule has 0 spiro atoms. The molecule has 0 N–H and O–H groups in total. The number of thiocarbonyl (C=S) groups is 1. The van der Waals surface area contributed by atoms with Gasteiger partial charge in [0.05, 0.1) is 22.7 Å². The smallest absolute Gasteiger partial charge is 0.267 e. The second kappa shape index (κ2) is 7.94. The van der Waals surface area contributed by atoms with Crippen molar-refractivity contribution in [3.8, 4) is 0 Å². The van der Waals surface area contributed by atoms with Crippen LogP contribution >= 0.6 is 35.6 Å². The summed E-state index contributed by atoms with van der Waals surface area (Å²) in [6.45, 7) is 4.39. The lowest BCUT2D eigenvalue weighted by Gasteiger charge is -2.21. The molecule has 0 bridgehead atoms. The third kappa shape index (κ3) is 3.50. The molecule has 2 aliphatic heterocycles. The average molecular weight is 443 g/mol. The molecule has 2 aromatic carbocycles. The zero-order valence-electron chi connectivity index (χ0n) is 16.0. The SMILES string of the molecule is CC[C@@H](C)N1C(=O)/C(=C2\C(=O)N(Cc3ccc(Cl)cc3)c3ccccc32)SC1=S. The van der Waals surface area contributed by atoms with Crippen LogP contribution in [0.1, 0.15) is 31.4 Å². The van der Waals surface area contributed by atoms with Gasteiger partial charge in [0.15, 0.2) is 0 Å². The number of amides is 2. The molecule has 2 heterocycles. The minimum absolute atomic E-state index is 0.00230. The molecule has 2 amide bonds. The number of anilines is 1. The first-order valence-corrected chi connectivity index (χ1v) is 11.0. The number of halogens is 1. The summed E-state index contributed by atoms with van der Waals surface area (Å²) in [7, 11) is 0. The fourth-order valence-corrected chi connectivity index (χ4v) is 5.18. The van der Waals surface area contributed by atoms with Crippen molar-refractivity contribution in [2.24, 2.45) is 0 Å². The van der Waals surface area contributed by atoms with Crippen molar-refractivity contribution in [1.29, 1.82) is 0 Å². The van der Waals surface area contributed by atoms with E-state index < -0.39 is 0 Å². The van der Waals surface area contributed by atoms with Crippen LogP contribution in [0.3, 0.4) is 0 Å². The quantitative estimate of drug-likeness (QED) is 0.478. The lowest BCUT2D eigenvalue weighted by molar-refractivity contribution is -0.123. The Morgan fingerprint density at radius 1 is 1.07 bits per heavy atom. The molecule has 0 aliphatic carbocycles. The van der Waals surface area contributed by atoms with Crippen LogP contribution in [0.5, 0.6) is 0 Å². The van der Waals surface area contributed by atoms with Crippen LogP contribution in [-0.2, 0) is 16.1 Å². The summed E-state index contributed by atoms with van der Waals surface area (Å²) in [5, 5.41) is 0.649. The minimum atomic E-state index is -0.180. The molecule has 0 radical (unpaired) electrons. The maximum Gasteiger partial charge on any atom is 0.267 e. The van der Waals surface area contributed by atoms with Gasteiger partial charge in [-0.25, -0.2) is 0 Å². The molecule has 0 saturated carbocycles. The Balaban J connectivity index is 1.77. The van der Waals surface area contributed by atoms with E-state index in [1.807, 2.05) is 62.4 Å². The van der Waals surface area contributed by atoms with Crippen LogP contribution in [0.25, 0.3) is 5.57 Å². The Kier molecular flexibility index (Phi) is 5.51. The number of thioether (sulfide) groups is 1. The topological polar surface area (TPSA) is 40.6 Å². The van der Waals surface area contributed by atoms with Gasteiger partial charge in [0, 0.05) is 16.6 Å². The number of hydrogen-bond donors (Lipinski definition) is 0. The molecule has 0 aromatic heterocycles. The Bertz CT molecular complexity index is 1050. The summed E-state index contributed by atoms with van der Waals surface area (Å²) in [6.07, 6.45) is 0.794. The van der Waals surface area contributed by atoms with E-state index in [1.165, 1.54) is 11.8 Å². The number of rotatable bonds is 4. The van der Waals surface area contributed by atoms with E-state index in [-0.39, 0.29) is 17.9 Å². The van der Waals surface area contributed by atoms with Crippen molar-refractivity contribution in [3.63, 3.8) is 0 Å². The first kappa shape index (κ1) is 20.1. The summed E-state index contributed by atoms with van der Waals surface area (Å²) in [4.78, 5) is 30.3. The highest BCUT2D eigenvalue weighted by atomic mass is 35.5. The number of carbonyl (C=O) groups is 2. The predicted octanol–water partition coefficient (Wildman–Crippen LogP) is 5.26. The van der Waals surface area contributed by atoms with E-state index in [9.17, 15) is 9.59 Å². The Labute approximate surface area is 184 Å². The van der Waals surface area contributed by atoms with Crippen LogP contribution in [-0.4, -0.2) is 27.1 Å². The number of nitrogens with zero attached hydrogens (tertiary/aromatic N) is 2. The highest BCUT2D eigenvalue weighted by Gasteiger charge is 2.42. The molecule has 0 unspecified atom stereocenters. The van der Waals surface area contributed by atoms with Crippen molar-refractivity contribution >= 4 is 63.0 Å². The fourth-order valence-electron chi connectivity index (χ4n) is 3.52. The summed E-state index contributed by atoms with van der Waals surface area (Å²) in [6, 6.07) is 15.0. The van der Waals surface area contributed by atoms with Crippen LogP contribution < -0.4 is 4.90 Å². The lowest BCUT2D eigenvalue weighted by Crippen LogP contribution is -2.36. The third-order valence-corrected chi connectivity index (χ3v) is 6.89. The monoisotopic (exact) mass is 442 g/mol. The van der Waals surface area contributed by atoms with Crippen molar-refractivity contribution in [2.75, 3.05) is 4.90 Å². The number of hydrogen-bond acceptors (Lipinski definition) is 4. The average Bonchev–Trinajstić information content (AvgIpc) is 3.16. The second-order valence-electron chi connectivity index (χ2n) is 7.04. The van der Waals surface area contributed by atoms with Crippen LogP contribution in [0.15, 0.2) is 53.4 Å². The van der Waals surface area contributed by atoms with Gasteiger partial charge in [-0.05, 0) is 37.1 Å². The largest absolute Gasteiger partial charge is 0.303 e. The Morgan fingerprint density at radius 2 is 1.76 bits per heavy atom. The lowest BCUT2D eigenvalue weighted by atomic mass is 10.1. The maximum atomic E-state index is 13.4. The Morgan fingerprint density at radius 3 is 2.45 bits per heavy atom. The highest BCUT2D eigenvalue weighted by Crippen LogP contribution is 2.45. The molecule has 1 saturated heterocycles. The molecule has 29 heavy (non-hydrogen) atoms. The summed E-state index contributed by atoms with van der Waals surface area (Å²) < 4.78 is 0.508. The third-order valence-electron chi connectivity index (χ3n) is 5.23. The molecule has 7 heteroatoms. The van der Waals surface area contributed by atoms with Gasteiger partial charge < -0.3 is 4.90 Å². The van der Waals surface area contributed by atoms with Gasteiger partial charge in [0.25, 0.3) is 11.8 Å². The van der Waals surface area contributed by atoms with E-state index in [1.54, 1.807) is 9.80 Å². The van der Waals surface area contributed by atoms with Gasteiger partial charge in [0.1, 0.15) is 4.32 Å². The van der Waals surface area contributed by atoms with Gasteiger partial charge >= 0.3 is 0 Å². The predicted molar refractivity (Wildman–Crippen MR) is 123 cm³/mol. The highest BCUT2D eigenvalue weighted by molar-refractivity contribution is 8.26. The zero-order chi connectivity index (χ0) is 20.7. The molecule has 148 valence electrons. The van der Waals surface area contributed by atoms with Gasteiger partial charge in [-0.1, -0.05) is 72.8 Å². The first-order valence-electron chi connectivity index (χ1n) is 9.37. The van der Waals surface area contributed by atoms with Crippen molar-refractivity contribution < 1.29 is 9.59 Å². The molecular formula is C22H19ClN2O2S2. The molecule has 1 fully saturated rings. The number of carbonyl (C=O) groups excluding carboxylic acids is 2. The molecule has 4 rings (SSSR count). The van der Waals surface area contributed by atoms with E-state index in [0.717, 1.165) is 23.2 Å².